The number of hydrogen-bond donors (Lipinski definition) is 3. The van der Waals surface area contributed by atoms with Gasteiger partial charge < -0.3 is 21.3 Å². The van der Waals surface area contributed by atoms with Gasteiger partial charge in [-0.15, -0.1) is 11.3 Å². The predicted molar refractivity (Wildman–Crippen MR) is 142 cm³/mol. The third-order valence-electron chi connectivity index (χ3n) is 6.26. The van der Waals surface area contributed by atoms with Crippen LogP contribution < -0.4 is 32.5 Å². The van der Waals surface area contributed by atoms with Crippen molar-refractivity contribution in [2.24, 2.45) is 7.05 Å². The van der Waals surface area contributed by atoms with Crippen molar-refractivity contribution in [2.45, 2.75) is 51.5 Å². The fourth-order valence-corrected chi connectivity index (χ4v) is 4.92. The number of ketones is 1. The van der Waals surface area contributed by atoms with Gasteiger partial charge in [0, 0.05) is 36.9 Å². The van der Waals surface area contributed by atoms with E-state index in [0.717, 1.165) is 25.4 Å². The molecule has 0 unspecified atom stereocenters. The number of carbonyl (C=O) groups is 2. The van der Waals surface area contributed by atoms with Crippen LogP contribution in [0.15, 0.2) is 27.4 Å². The summed E-state index contributed by atoms with van der Waals surface area (Å²) in [5.74, 6) is -1.04. The summed E-state index contributed by atoms with van der Waals surface area (Å²) in [5, 5.41) is 7.26. The van der Waals surface area contributed by atoms with Crippen LogP contribution >= 0.6 is 11.3 Å². The van der Waals surface area contributed by atoms with Gasteiger partial charge in [0.2, 0.25) is 11.9 Å². The second kappa shape index (κ2) is 11.1. The van der Waals surface area contributed by atoms with Gasteiger partial charge in [-0.05, 0) is 26.7 Å². The van der Waals surface area contributed by atoms with Crippen LogP contribution in [0.5, 0.6) is 0 Å². The molecule has 0 aromatic carbocycles. The summed E-state index contributed by atoms with van der Waals surface area (Å²) in [6.07, 6.45) is -1.25. The Morgan fingerprint density at radius 1 is 1.25 bits per heavy atom. The lowest BCUT2D eigenvalue weighted by Gasteiger charge is -2.26. The highest BCUT2D eigenvalue weighted by molar-refractivity contribution is 7.13. The van der Waals surface area contributed by atoms with Crippen LogP contribution in [-0.2, 0) is 23.2 Å². The number of halogens is 3. The van der Waals surface area contributed by atoms with E-state index in [1.165, 1.54) is 33.3 Å². The number of amides is 1. The predicted octanol–water partition coefficient (Wildman–Crippen LogP) is 1.60. The molecule has 13 nitrogen and oxygen atoms in total. The summed E-state index contributed by atoms with van der Waals surface area (Å²) in [5.41, 5.74) is 4.54. The number of nitrogen functional groups attached to an aromatic ring is 1. The molecule has 4 rings (SSSR count). The fraction of sp³-hybridized carbons (Fsp3) is 0.435. The van der Waals surface area contributed by atoms with Gasteiger partial charge in [-0.25, -0.2) is 19.7 Å². The molecule has 4 N–H and O–H groups in total. The van der Waals surface area contributed by atoms with Crippen molar-refractivity contribution < 1.29 is 22.8 Å². The lowest BCUT2D eigenvalue weighted by Crippen LogP contribution is -2.44. The highest BCUT2D eigenvalue weighted by atomic mass is 32.1. The summed E-state index contributed by atoms with van der Waals surface area (Å²) in [4.78, 5) is 63.1. The first kappa shape index (κ1) is 28.7. The molecular formula is C23H26F3N9O4S. The molecule has 1 aliphatic rings. The second-order valence-corrected chi connectivity index (χ2v) is 10.1. The maximum Gasteiger partial charge on any atom is 0.408 e. The van der Waals surface area contributed by atoms with E-state index in [9.17, 15) is 32.3 Å². The normalized spacial score (nSPS) is 16.1. The molecule has 17 heteroatoms. The molecule has 0 spiro atoms. The fourth-order valence-electron chi connectivity index (χ4n) is 4.19. The highest BCUT2D eigenvalue weighted by Gasteiger charge is 2.46. The summed E-state index contributed by atoms with van der Waals surface area (Å²) >= 11 is 1.16. The molecule has 1 amide bonds. The lowest BCUT2D eigenvalue weighted by atomic mass is 10.2. The molecular weight excluding hydrogens is 555 g/mol. The Labute approximate surface area is 228 Å². The average Bonchev–Trinajstić information content (AvgIpc) is 3.58. The van der Waals surface area contributed by atoms with E-state index in [1.807, 2.05) is 0 Å². The maximum absolute atomic E-state index is 13.3. The zero-order valence-corrected chi connectivity index (χ0v) is 22.5. The Balaban J connectivity index is 1.45. The smallest absolute Gasteiger partial charge is 0.383 e. The van der Waals surface area contributed by atoms with E-state index < -0.39 is 47.7 Å². The molecule has 214 valence electrons. The summed E-state index contributed by atoms with van der Waals surface area (Å²) in [6, 6.07) is -2.63. The van der Waals surface area contributed by atoms with E-state index in [0.29, 0.717) is 17.0 Å². The minimum atomic E-state index is -4.37. The Morgan fingerprint density at radius 3 is 2.55 bits per heavy atom. The van der Waals surface area contributed by atoms with E-state index in [2.05, 4.69) is 25.6 Å². The molecule has 1 saturated heterocycles. The monoisotopic (exact) mass is 581 g/mol. The van der Waals surface area contributed by atoms with Crippen LogP contribution in [-0.4, -0.2) is 60.6 Å². The average molecular weight is 582 g/mol. The Bertz CT molecular complexity index is 1550. The number of thiazole rings is 1. The van der Waals surface area contributed by atoms with Gasteiger partial charge in [0.25, 0.3) is 5.56 Å². The van der Waals surface area contributed by atoms with Crippen LogP contribution in [0, 0.1) is 0 Å². The number of nitrogens with two attached hydrogens (primary N) is 1. The number of aromatic nitrogens is 5. The van der Waals surface area contributed by atoms with Crippen LogP contribution in [0.3, 0.4) is 0 Å². The van der Waals surface area contributed by atoms with E-state index in [4.69, 9.17) is 5.73 Å². The van der Waals surface area contributed by atoms with Gasteiger partial charge in [0.05, 0.1) is 6.54 Å². The van der Waals surface area contributed by atoms with E-state index in [-0.39, 0.29) is 36.2 Å². The van der Waals surface area contributed by atoms with Gasteiger partial charge >= 0.3 is 11.9 Å². The van der Waals surface area contributed by atoms with Gasteiger partial charge in [0.15, 0.2) is 0 Å². The zero-order valence-electron chi connectivity index (χ0n) is 21.7. The molecule has 4 heterocycles. The summed E-state index contributed by atoms with van der Waals surface area (Å²) in [6.45, 7) is 2.44. The molecule has 0 aliphatic carbocycles. The number of rotatable bonds is 8. The number of nitrogens with one attached hydrogen (secondary N) is 2. The largest absolute Gasteiger partial charge is 0.408 e. The Morgan fingerprint density at radius 2 is 1.93 bits per heavy atom. The van der Waals surface area contributed by atoms with Gasteiger partial charge in [-0.3, -0.25) is 23.5 Å². The van der Waals surface area contributed by atoms with Crippen LogP contribution in [0.2, 0.25) is 0 Å². The third kappa shape index (κ3) is 5.83. The number of Topliss-reactive ketones (excluding diaryl/α,β-unsaturated/α-hetero) is 1. The maximum atomic E-state index is 13.3. The minimum absolute atomic E-state index is 0.0129. The van der Waals surface area contributed by atoms with Crippen LogP contribution in [0.4, 0.5) is 36.4 Å². The van der Waals surface area contributed by atoms with Crippen molar-refractivity contribution >= 4 is 46.3 Å². The molecule has 1 aliphatic heterocycles. The minimum Gasteiger partial charge on any atom is -0.383 e. The van der Waals surface area contributed by atoms with Gasteiger partial charge in [-0.1, -0.05) is 0 Å². The van der Waals surface area contributed by atoms with Crippen molar-refractivity contribution in [2.75, 3.05) is 27.8 Å². The molecule has 3 aromatic rings. The lowest BCUT2D eigenvalue weighted by molar-refractivity contribution is -0.146. The van der Waals surface area contributed by atoms with Gasteiger partial charge in [0.1, 0.15) is 40.2 Å². The van der Waals surface area contributed by atoms with E-state index in [1.54, 1.807) is 5.38 Å². The van der Waals surface area contributed by atoms with Crippen molar-refractivity contribution in [1.29, 1.82) is 0 Å². The van der Waals surface area contributed by atoms with Crippen molar-refractivity contribution in [3.8, 4) is 10.6 Å². The molecule has 3 aromatic heterocycles. The number of hydrogen-bond acceptors (Lipinski definition) is 11. The van der Waals surface area contributed by atoms with Crippen molar-refractivity contribution in [1.82, 2.24) is 24.1 Å². The zero-order chi connectivity index (χ0) is 29.4. The van der Waals surface area contributed by atoms with Crippen LogP contribution in [0.25, 0.3) is 10.6 Å². The van der Waals surface area contributed by atoms with Crippen molar-refractivity contribution in [3.63, 3.8) is 0 Å². The Hall–Kier alpha value is -4.28. The topological polar surface area (TPSA) is 170 Å². The van der Waals surface area contributed by atoms with Crippen molar-refractivity contribution in [3.05, 3.63) is 38.6 Å². The number of alkyl halides is 3. The van der Waals surface area contributed by atoms with Gasteiger partial charge in [-0.2, -0.15) is 13.2 Å². The number of carbonyl (C=O) groups excluding carboxylic acids is 2. The molecule has 0 radical (unpaired) electrons. The Kier molecular flexibility index (Phi) is 7.95. The molecule has 0 bridgehead atoms. The molecule has 2 atom stereocenters. The molecule has 40 heavy (non-hydrogen) atoms. The van der Waals surface area contributed by atoms with E-state index >= 15 is 0 Å². The quantitative estimate of drug-likeness (QED) is 0.355. The summed E-state index contributed by atoms with van der Waals surface area (Å²) in [7, 11) is 1.33. The number of anilines is 4. The third-order valence-corrected chi connectivity index (χ3v) is 7.15. The second-order valence-electron chi connectivity index (χ2n) is 9.25. The number of nitrogens with zero attached hydrogens (tertiary/aromatic N) is 6. The highest BCUT2D eigenvalue weighted by Crippen LogP contribution is 2.35. The van der Waals surface area contributed by atoms with Crippen LogP contribution in [0.1, 0.15) is 26.7 Å². The first-order chi connectivity index (χ1) is 18.8. The SMILES string of the molecule is CC(=O)Cn1c(=O)c(N[C@@H](C)C(=O)Nc2csc(-c3cnc(N4CCC[C@H]4C(F)(F)F)nc3)n2)c(N)n(C)c1=O. The molecule has 0 saturated carbocycles. The first-order valence-electron chi connectivity index (χ1n) is 12.0. The summed E-state index contributed by atoms with van der Waals surface area (Å²) < 4.78 is 41.5. The molecule has 1 fully saturated rings. The first-order valence-corrected chi connectivity index (χ1v) is 12.9. The standard InChI is InChI=1S/C23H26F3N9O4S/c1-11(36)9-35-20(38)16(17(27)33(3)22(35)39)30-12(2)18(37)31-15-10-40-19(32-15)13-7-28-21(29-8-13)34-6-4-5-14(34)23(24,25)26/h7-8,10,12,14,30H,4-6,9,27H2,1-3H3,(H,31,37)/t12-,14-/m0/s1.